The van der Waals surface area contributed by atoms with E-state index < -0.39 is 6.61 Å². The van der Waals surface area contributed by atoms with E-state index in [-0.39, 0.29) is 30.2 Å². The van der Waals surface area contributed by atoms with Gasteiger partial charge in [0.05, 0.1) is 0 Å². The van der Waals surface area contributed by atoms with Gasteiger partial charge in [-0.05, 0) is 50.1 Å². The molecule has 14 heteroatoms. The van der Waals surface area contributed by atoms with Crippen LogP contribution < -0.4 is 20.3 Å². The van der Waals surface area contributed by atoms with Crippen LogP contribution >= 0.6 is 11.3 Å². The van der Waals surface area contributed by atoms with Crippen LogP contribution in [0.5, 0.6) is 5.75 Å². The molecule has 3 aromatic rings. The lowest BCUT2D eigenvalue weighted by molar-refractivity contribution is -0.118. The van der Waals surface area contributed by atoms with Crippen LogP contribution in [0.1, 0.15) is 32.3 Å². The zero-order valence-electron chi connectivity index (χ0n) is 23.1. The summed E-state index contributed by atoms with van der Waals surface area (Å²) in [6, 6.07) is 11.0. The van der Waals surface area contributed by atoms with Crippen molar-refractivity contribution in [3.05, 3.63) is 48.2 Å². The number of carbonyl (C=O) groups excluding carboxylic acids is 1. The van der Waals surface area contributed by atoms with E-state index in [9.17, 15) is 13.6 Å². The van der Waals surface area contributed by atoms with Crippen molar-refractivity contribution in [2.45, 2.75) is 58.0 Å². The summed E-state index contributed by atoms with van der Waals surface area (Å²) >= 11 is 1.31. The third-order valence-electron chi connectivity index (χ3n) is 7.37. The van der Waals surface area contributed by atoms with Crippen LogP contribution in [0.3, 0.4) is 0 Å². The number of ether oxygens (including phenoxy) is 1. The van der Waals surface area contributed by atoms with Crippen LogP contribution in [-0.2, 0) is 11.3 Å². The number of hydrogen-bond donors (Lipinski definition) is 2. The van der Waals surface area contributed by atoms with Crippen molar-refractivity contribution >= 4 is 33.3 Å². The molecule has 2 fully saturated rings. The molecule has 5 rings (SSSR count). The molecule has 2 aliphatic rings. The summed E-state index contributed by atoms with van der Waals surface area (Å²) in [4.78, 5) is 19.9. The third kappa shape index (κ3) is 8.05. The summed E-state index contributed by atoms with van der Waals surface area (Å²) in [5.74, 6) is 0.842. The fraction of sp³-hybridized carbons (Fsp3) is 0.519. The van der Waals surface area contributed by atoms with E-state index in [1.807, 2.05) is 18.2 Å². The van der Waals surface area contributed by atoms with Gasteiger partial charge in [-0.3, -0.25) is 14.6 Å². The number of alkyl halides is 2. The first-order valence-electron chi connectivity index (χ1n) is 13.8. The highest BCUT2D eigenvalue weighted by Crippen LogP contribution is 2.26. The van der Waals surface area contributed by atoms with Crippen LogP contribution in [0.2, 0.25) is 0 Å². The number of aromatic nitrogens is 4. The molecule has 0 spiro atoms. The van der Waals surface area contributed by atoms with E-state index in [4.69, 9.17) is 0 Å². The van der Waals surface area contributed by atoms with Gasteiger partial charge in [-0.1, -0.05) is 23.5 Å². The molecule has 220 valence electrons. The van der Waals surface area contributed by atoms with Gasteiger partial charge in [0, 0.05) is 70.0 Å². The number of halogens is 2. The Balaban J connectivity index is 1.16. The summed E-state index contributed by atoms with van der Waals surface area (Å²) < 4.78 is 30.0. The van der Waals surface area contributed by atoms with Crippen LogP contribution in [0.15, 0.2) is 42.6 Å². The number of nitrogens with one attached hydrogen (secondary N) is 2. The van der Waals surface area contributed by atoms with Gasteiger partial charge in [0.2, 0.25) is 16.2 Å². The Morgan fingerprint density at radius 3 is 2.73 bits per heavy atom. The second kappa shape index (κ2) is 13.4. The van der Waals surface area contributed by atoms with Gasteiger partial charge >= 0.3 is 6.61 Å². The molecule has 2 aromatic heterocycles. The minimum atomic E-state index is -2.87. The van der Waals surface area contributed by atoms with E-state index in [1.165, 1.54) is 17.4 Å². The van der Waals surface area contributed by atoms with Crippen molar-refractivity contribution < 1.29 is 18.3 Å². The van der Waals surface area contributed by atoms with E-state index >= 15 is 0 Å². The van der Waals surface area contributed by atoms with E-state index in [2.05, 4.69) is 64.3 Å². The Hall–Kier alpha value is -3.49. The van der Waals surface area contributed by atoms with Gasteiger partial charge in [-0.25, -0.2) is 0 Å². The predicted molar refractivity (Wildman–Crippen MR) is 153 cm³/mol. The average Bonchev–Trinajstić information content (AvgIpc) is 3.59. The second-order valence-electron chi connectivity index (χ2n) is 10.6. The third-order valence-corrected chi connectivity index (χ3v) is 8.14. The number of benzene rings is 1. The first kappa shape index (κ1) is 29.0. The maximum Gasteiger partial charge on any atom is 0.387 e. The number of rotatable bonds is 11. The lowest BCUT2D eigenvalue weighted by Gasteiger charge is -2.43. The molecule has 0 radical (unpaired) electrons. The quantitative estimate of drug-likeness (QED) is 0.346. The molecule has 41 heavy (non-hydrogen) atoms. The van der Waals surface area contributed by atoms with E-state index in [0.717, 1.165) is 50.5 Å². The van der Waals surface area contributed by atoms with Crippen molar-refractivity contribution in [3.8, 4) is 5.75 Å². The number of nitrogens with zero attached hydrogens (tertiary/aromatic N) is 7. The Morgan fingerprint density at radius 1 is 1.10 bits per heavy atom. The minimum absolute atomic E-state index is 0.0538. The van der Waals surface area contributed by atoms with Crippen molar-refractivity contribution in [2.75, 3.05) is 48.3 Å². The SMILES string of the molecule is CC(C)N1CCN(Cc2cccc(OC(F)F)c2)[C@H](CC(=O)Nc2nnc(N[C@@H]3CCN(c4cccnn4)C3)s2)C1. The summed E-state index contributed by atoms with van der Waals surface area (Å²) in [5.41, 5.74) is 0.858. The lowest BCUT2D eigenvalue weighted by Crippen LogP contribution is -2.55. The van der Waals surface area contributed by atoms with Crippen LogP contribution in [0.4, 0.5) is 24.9 Å². The summed E-state index contributed by atoms with van der Waals surface area (Å²) in [5, 5.41) is 24.0. The smallest absolute Gasteiger partial charge is 0.387 e. The summed E-state index contributed by atoms with van der Waals surface area (Å²) in [7, 11) is 0. The monoisotopic (exact) mass is 587 g/mol. The summed E-state index contributed by atoms with van der Waals surface area (Å²) in [6.07, 6.45) is 2.86. The Labute approximate surface area is 241 Å². The van der Waals surface area contributed by atoms with Crippen LogP contribution in [-0.4, -0.2) is 93.6 Å². The predicted octanol–water partition coefficient (Wildman–Crippen LogP) is 3.54. The highest BCUT2D eigenvalue weighted by molar-refractivity contribution is 7.19. The molecule has 0 unspecified atom stereocenters. The molecule has 2 saturated heterocycles. The zero-order valence-corrected chi connectivity index (χ0v) is 23.9. The average molecular weight is 588 g/mol. The molecule has 2 aliphatic heterocycles. The van der Waals surface area contributed by atoms with Gasteiger partial charge in [0.1, 0.15) is 5.75 Å². The number of amides is 1. The molecule has 1 amide bonds. The molecule has 2 atom stereocenters. The Bertz CT molecular complexity index is 1280. The summed E-state index contributed by atoms with van der Waals surface area (Å²) in [6.45, 7) is 5.95. The highest BCUT2D eigenvalue weighted by atomic mass is 32.1. The van der Waals surface area contributed by atoms with Gasteiger partial charge in [0.25, 0.3) is 0 Å². The number of carbonyl (C=O) groups is 1. The minimum Gasteiger partial charge on any atom is -0.435 e. The van der Waals surface area contributed by atoms with Crippen molar-refractivity contribution in [2.24, 2.45) is 0 Å². The zero-order chi connectivity index (χ0) is 28.8. The number of piperazine rings is 1. The van der Waals surface area contributed by atoms with E-state index in [1.54, 1.807) is 18.3 Å². The molecule has 0 bridgehead atoms. The molecule has 1 aromatic carbocycles. The van der Waals surface area contributed by atoms with Gasteiger partial charge in [-0.2, -0.15) is 13.9 Å². The van der Waals surface area contributed by atoms with Crippen molar-refractivity contribution in [3.63, 3.8) is 0 Å². The van der Waals surface area contributed by atoms with Crippen LogP contribution in [0.25, 0.3) is 0 Å². The largest absolute Gasteiger partial charge is 0.435 e. The van der Waals surface area contributed by atoms with Gasteiger partial charge < -0.3 is 20.3 Å². The molecule has 11 nitrogen and oxygen atoms in total. The molecule has 4 heterocycles. The molecular weight excluding hydrogens is 552 g/mol. The molecule has 2 N–H and O–H groups in total. The fourth-order valence-electron chi connectivity index (χ4n) is 5.28. The molecule has 0 aliphatic carbocycles. The maximum absolute atomic E-state index is 13.1. The van der Waals surface area contributed by atoms with Crippen molar-refractivity contribution in [1.82, 2.24) is 30.2 Å². The fourth-order valence-corrected chi connectivity index (χ4v) is 6.02. The number of hydrogen-bond acceptors (Lipinski definition) is 11. The highest BCUT2D eigenvalue weighted by Gasteiger charge is 2.30. The first-order valence-corrected chi connectivity index (χ1v) is 14.6. The van der Waals surface area contributed by atoms with Crippen LogP contribution in [0, 0.1) is 0 Å². The molecular formula is C27H35F2N9O2S. The maximum atomic E-state index is 13.1. The second-order valence-corrected chi connectivity index (χ2v) is 11.5. The standard InChI is InChI=1S/C27H35F2N9O2S/c1-18(2)36-11-12-37(15-19-5-3-6-22(13-19)40-25(28)29)21(17-36)14-24(39)32-27-35-34-26(41-27)31-20-8-10-38(16-20)23-7-4-9-30-33-23/h3-7,9,13,18,20-21,25H,8,10-12,14-17H2,1-2H3,(H,31,34)(H,32,35,39)/t20-,21-/m1/s1. The van der Waals surface area contributed by atoms with Gasteiger partial charge in [-0.15, -0.1) is 15.3 Å². The molecule has 0 saturated carbocycles. The lowest BCUT2D eigenvalue weighted by atomic mass is 10.0. The normalized spacial score (nSPS) is 20.1. The van der Waals surface area contributed by atoms with E-state index in [0.29, 0.717) is 22.8 Å². The first-order chi connectivity index (χ1) is 19.8. The Kier molecular flexibility index (Phi) is 9.52. The van der Waals surface area contributed by atoms with Gasteiger partial charge in [0.15, 0.2) is 5.82 Å². The number of anilines is 3. The van der Waals surface area contributed by atoms with Crippen molar-refractivity contribution in [1.29, 1.82) is 0 Å². The topological polar surface area (TPSA) is 112 Å². The Morgan fingerprint density at radius 2 is 1.95 bits per heavy atom.